The van der Waals surface area contributed by atoms with Gasteiger partial charge in [-0.1, -0.05) is 12.5 Å². The molecule has 428 valence electrons. The number of H-pyrrole nitrogens is 1. The van der Waals surface area contributed by atoms with E-state index in [1.54, 1.807) is 0 Å². The van der Waals surface area contributed by atoms with Crippen molar-refractivity contribution in [2.45, 2.75) is 132 Å². The molecule has 2 rings (SSSR count). The van der Waals surface area contributed by atoms with Gasteiger partial charge in [0.25, 0.3) is 0 Å². The highest BCUT2D eigenvalue weighted by molar-refractivity contribution is 5.99. The van der Waals surface area contributed by atoms with E-state index >= 15 is 0 Å². The van der Waals surface area contributed by atoms with Gasteiger partial charge < -0.3 is 97.0 Å². The Hall–Kier alpha value is -7.00. The van der Waals surface area contributed by atoms with Crippen LogP contribution < -0.4 is 76.9 Å². The van der Waals surface area contributed by atoms with E-state index in [0.717, 1.165) is 6.08 Å². The third-order valence-electron chi connectivity index (χ3n) is 11.9. The fourth-order valence-electron chi connectivity index (χ4n) is 7.61. The van der Waals surface area contributed by atoms with Crippen LogP contribution in [0.1, 0.15) is 76.8 Å². The lowest BCUT2D eigenvalue weighted by Gasteiger charge is -2.30. The second-order valence-corrected chi connectivity index (χ2v) is 17.9. The molecule has 8 amide bonds. The zero-order chi connectivity index (χ0) is 57.1. The Kier molecular flexibility index (Phi) is 28.4. The minimum Gasteiger partial charge on any atom is -0.477 e. The van der Waals surface area contributed by atoms with E-state index in [4.69, 9.17) is 39.8 Å². The number of aromatic amines is 1. The first kappa shape index (κ1) is 65.1. The van der Waals surface area contributed by atoms with E-state index in [2.05, 4.69) is 52.5 Å². The van der Waals surface area contributed by atoms with Gasteiger partial charge in [-0.15, -0.1) is 0 Å². The Balaban J connectivity index is 2.33. The summed E-state index contributed by atoms with van der Waals surface area (Å²) in [5.74, 6) is -12.4. The molecule has 2 heterocycles. The Labute approximate surface area is 436 Å². The van der Waals surface area contributed by atoms with E-state index < -0.39 is 145 Å². The minimum atomic E-state index is -4.94. The molecule has 0 bridgehead atoms. The molecular weight excluding hydrogens is 1010 g/mol. The summed E-state index contributed by atoms with van der Waals surface area (Å²) < 4.78 is 43.2. The van der Waals surface area contributed by atoms with Crippen LogP contribution in [0.5, 0.6) is 0 Å². The van der Waals surface area contributed by atoms with Crippen LogP contribution in [-0.2, 0) is 49.6 Å². The summed E-state index contributed by atoms with van der Waals surface area (Å²) in [5.41, 5.74) is 33.1. The number of nitrogens with one attached hydrogen (secondary N) is 10. The zero-order valence-electron chi connectivity index (χ0n) is 42.2. The predicted molar refractivity (Wildman–Crippen MR) is 266 cm³/mol. The van der Waals surface area contributed by atoms with Crippen LogP contribution in [0.4, 0.5) is 13.2 Å². The third-order valence-corrected chi connectivity index (χ3v) is 11.9. The van der Waals surface area contributed by atoms with E-state index in [1.807, 2.05) is 0 Å². The predicted octanol–water partition coefficient (Wildman–Crippen LogP) is -6.11. The van der Waals surface area contributed by atoms with Crippen LogP contribution in [-0.4, -0.2) is 185 Å². The van der Waals surface area contributed by atoms with Gasteiger partial charge in [-0.2, -0.15) is 13.2 Å². The van der Waals surface area contributed by atoms with Crippen LogP contribution >= 0.6 is 0 Å². The number of aromatic nitrogens is 2. The Morgan fingerprint density at radius 1 is 0.829 bits per heavy atom. The molecule has 0 spiro atoms. The van der Waals surface area contributed by atoms with Crippen molar-refractivity contribution in [3.63, 3.8) is 0 Å². The SMILES string of the molecule is C[C@H](NC(=O)[C@@H](NC(=O)[C@@H](N)CCCCN)[C@@H](O)CN)C(=O)NCC(=O)N[C@H](CCCN)C(=O)N1C[C@@H](C(F)(F)F)C[C@H]1C(=O)N[C@@H](Cc1cnc[nH]1)C(=O)N[C@@H](CCCCN)C(=O)N/C(=C\CCNC(=N)N)C(=O)O. The van der Waals surface area contributed by atoms with Gasteiger partial charge >= 0.3 is 12.1 Å². The topological polar surface area (TPSA) is 502 Å². The zero-order valence-corrected chi connectivity index (χ0v) is 42.2. The number of carboxylic acid groups (broad SMARTS) is 1. The number of amides is 8. The van der Waals surface area contributed by atoms with Crippen molar-refractivity contribution >= 4 is 59.2 Å². The lowest BCUT2D eigenvalue weighted by Crippen LogP contribution is -2.60. The average Bonchev–Trinajstić information content (AvgIpc) is 4.07. The molecule has 76 heavy (non-hydrogen) atoms. The van der Waals surface area contributed by atoms with Crippen molar-refractivity contribution in [2.24, 2.45) is 40.3 Å². The van der Waals surface area contributed by atoms with Crippen LogP contribution in [0.2, 0.25) is 0 Å². The number of guanidine groups is 1. The van der Waals surface area contributed by atoms with Gasteiger partial charge in [-0.05, 0) is 84.3 Å². The number of nitrogens with zero attached hydrogens (tertiary/aromatic N) is 2. The number of nitrogens with two attached hydrogens (primary N) is 6. The van der Waals surface area contributed by atoms with Crippen LogP contribution in [0.15, 0.2) is 24.3 Å². The molecule has 1 fully saturated rings. The molecular formula is C44H75F3N18O11. The maximum Gasteiger partial charge on any atom is 0.393 e. The number of aliphatic carboxylic acids is 1. The van der Waals surface area contributed by atoms with Crippen molar-refractivity contribution in [2.75, 3.05) is 45.8 Å². The molecule has 24 N–H and O–H groups in total. The molecule has 32 heteroatoms. The van der Waals surface area contributed by atoms with Crippen molar-refractivity contribution < 1.29 is 66.5 Å². The molecule has 1 aliphatic rings. The summed E-state index contributed by atoms with van der Waals surface area (Å²) in [4.78, 5) is 127. The lowest BCUT2D eigenvalue weighted by molar-refractivity contribution is -0.171. The van der Waals surface area contributed by atoms with Crippen molar-refractivity contribution in [1.29, 1.82) is 5.41 Å². The molecule has 0 aromatic carbocycles. The Morgan fingerprint density at radius 2 is 1.47 bits per heavy atom. The first-order chi connectivity index (χ1) is 35.9. The fraction of sp³-hybridized carbons (Fsp3) is 0.659. The highest BCUT2D eigenvalue weighted by Gasteiger charge is 2.52. The number of carbonyl (C=O) groups excluding carboxylic acids is 8. The molecule has 0 unspecified atom stereocenters. The summed E-state index contributed by atoms with van der Waals surface area (Å²) in [6.45, 7) is -0.615. The summed E-state index contributed by atoms with van der Waals surface area (Å²) in [5, 5.41) is 46.2. The molecule has 1 aromatic heterocycles. The Bertz CT molecular complexity index is 2140. The van der Waals surface area contributed by atoms with Gasteiger partial charge in [0.05, 0.1) is 30.9 Å². The summed E-state index contributed by atoms with van der Waals surface area (Å²) in [7, 11) is 0. The lowest BCUT2D eigenvalue weighted by atomic mass is 10.0. The van der Waals surface area contributed by atoms with Crippen LogP contribution in [0.25, 0.3) is 0 Å². The number of halogens is 3. The van der Waals surface area contributed by atoms with Gasteiger partial charge in [-0.3, -0.25) is 43.8 Å². The summed E-state index contributed by atoms with van der Waals surface area (Å²) in [6, 6.07) is -10.7. The maximum absolute atomic E-state index is 14.4. The smallest absolute Gasteiger partial charge is 0.393 e. The monoisotopic (exact) mass is 1090 g/mol. The number of hydrogen-bond acceptors (Lipinski definition) is 17. The van der Waals surface area contributed by atoms with Gasteiger partial charge in [0.1, 0.15) is 41.9 Å². The highest BCUT2D eigenvalue weighted by Crippen LogP contribution is 2.37. The van der Waals surface area contributed by atoms with E-state index in [0.29, 0.717) is 30.7 Å². The molecule has 1 aliphatic heterocycles. The molecule has 29 nitrogen and oxygen atoms in total. The van der Waals surface area contributed by atoms with Crippen LogP contribution in [0.3, 0.4) is 0 Å². The van der Waals surface area contributed by atoms with Gasteiger partial charge in [-0.25, -0.2) is 9.78 Å². The number of imidazole rings is 1. The molecule has 0 radical (unpaired) electrons. The number of carboxylic acids is 1. The molecule has 0 aliphatic carbocycles. The van der Waals surface area contributed by atoms with Crippen molar-refractivity contribution in [3.8, 4) is 0 Å². The van der Waals surface area contributed by atoms with Gasteiger partial charge in [0.2, 0.25) is 47.3 Å². The second-order valence-electron chi connectivity index (χ2n) is 17.9. The van der Waals surface area contributed by atoms with E-state index in [-0.39, 0.29) is 76.2 Å². The van der Waals surface area contributed by atoms with Crippen molar-refractivity contribution in [3.05, 3.63) is 30.0 Å². The number of hydrogen-bond donors (Lipinski definition) is 18. The van der Waals surface area contributed by atoms with E-state index in [1.165, 1.54) is 19.4 Å². The minimum absolute atomic E-state index is 0.00299. The number of alkyl halides is 3. The largest absolute Gasteiger partial charge is 0.477 e. The average molecular weight is 1090 g/mol. The molecule has 1 saturated heterocycles. The molecule has 1 aromatic rings. The number of rotatable bonds is 34. The quantitative estimate of drug-likeness (QED) is 0.0132. The number of aliphatic hydroxyl groups is 1. The van der Waals surface area contributed by atoms with Gasteiger partial charge in [0, 0.05) is 37.9 Å². The number of unbranched alkanes of at least 4 members (excludes halogenated alkanes) is 2. The molecule has 9 atom stereocenters. The maximum atomic E-state index is 14.4. The normalized spacial score (nSPS) is 17.3. The van der Waals surface area contributed by atoms with Crippen molar-refractivity contribution in [1.82, 2.24) is 57.4 Å². The second kappa shape index (κ2) is 33.1. The number of likely N-dealkylation sites (tertiary alicyclic amines) is 1. The molecule has 0 saturated carbocycles. The van der Waals surface area contributed by atoms with Crippen LogP contribution in [0, 0.1) is 11.3 Å². The summed E-state index contributed by atoms with van der Waals surface area (Å²) >= 11 is 0. The number of aliphatic hydroxyl groups excluding tert-OH is 1. The van der Waals surface area contributed by atoms with E-state index in [9.17, 15) is 66.5 Å². The fourth-order valence-corrected chi connectivity index (χ4v) is 7.61. The highest BCUT2D eigenvalue weighted by atomic mass is 19.4. The van der Waals surface area contributed by atoms with Gasteiger partial charge in [0.15, 0.2) is 5.96 Å². The Morgan fingerprint density at radius 3 is 2.05 bits per heavy atom. The standard InChI is InChI=1S/C44H75F3N18O11/c1-23(59-40(73)34(32(66)18-51)64-36(69)26(52)8-2-4-12-48)35(68)57-20-33(67)60-28(10-6-14-50)41(74)65-21-24(44(45,46)47)16-31(65)39(72)63-30(17-25-19-55-22-58-25)38(71)61-27(9-3-5-13-49)37(70)62-29(42(75)76)11-7-15-56-43(53)54/h11,19,22-24,26-28,30-32,34,66H,2-10,12-18,20-21,48-52H2,1H3,(H,55,58)(H,57,68)(H,59,73)(H,60,67)(H,61,71)(H,62,70)(H,63,72)(H,64,69)(H,75,76)(H4,53,54,56)/b29-11-/t23-,24-,26-,27-,28+,30-,31-,32-,34-/m0/s1. The first-order valence-corrected chi connectivity index (χ1v) is 24.6. The first-order valence-electron chi connectivity index (χ1n) is 24.6. The number of carbonyl (C=O) groups is 9. The summed E-state index contributed by atoms with van der Waals surface area (Å²) in [6.07, 6.45) is -2.57. The third kappa shape index (κ3) is 22.5.